The molecule has 1 aliphatic heterocycles. The first-order valence-electron chi connectivity index (χ1n) is 13.7. The van der Waals surface area contributed by atoms with Crippen LogP contribution >= 0.6 is 0 Å². The van der Waals surface area contributed by atoms with Crippen LogP contribution in [0.1, 0.15) is 24.5 Å². The van der Waals surface area contributed by atoms with Crippen LogP contribution in [-0.2, 0) is 32.0 Å². The zero-order valence-corrected chi connectivity index (χ0v) is 22.7. The fraction of sp³-hybridized carbons (Fsp3) is 0.414. The van der Waals surface area contributed by atoms with Crippen LogP contribution in [0.25, 0.3) is 10.9 Å². The lowest BCUT2D eigenvalue weighted by Crippen LogP contribution is -2.51. The van der Waals surface area contributed by atoms with Crippen LogP contribution in [0.2, 0.25) is 0 Å². The molecular weight excluding hydrogens is 511 g/mol. The van der Waals surface area contributed by atoms with Gasteiger partial charge in [0, 0.05) is 42.5 Å². The summed E-state index contributed by atoms with van der Waals surface area (Å²) in [6.45, 7) is 4.25. The number of aromatic amines is 1. The van der Waals surface area contributed by atoms with Crippen molar-refractivity contribution in [3.05, 3.63) is 71.9 Å². The largest absolute Gasteiger partial charge is 0.475 e. The minimum Gasteiger partial charge on any atom is -0.426 e. The lowest BCUT2D eigenvalue weighted by atomic mass is 9.75. The number of nitrogens with one attached hydrogen (secondary N) is 3. The minimum atomic E-state index is -1.79. The number of hydrogen-bond acceptors (Lipinski definition) is 7. The van der Waals surface area contributed by atoms with Gasteiger partial charge in [-0.25, -0.2) is 0 Å². The smallest absolute Gasteiger partial charge is 0.426 e. The average Bonchev–Trinajstić information content (AvgIpc) is 3.36. The molecule has 2 amide bonds. The number of aromatic nitrogens is 1. The summed E-state index contributed by atoms with van der Waals surface area (Å²) in [4.78, 5) is 44.5. The lowest BCUT2D eigenvalue weighted by Gasteiger charge is -2.26. The normalized spacial score (nSPS) is 16.2. The number of fused-ring (bicyclic) bond motifs is 1. The van der Waals surface area contributed by atoms with E-state index in [0.29, 0.717) is 26.3 Å². The number of hydrogen-bond donors (Lipinski definition) is 5. The van der Waals surface area contributed by atoms with Crippen molar-refractivity contribution in [3.8, 4) is 0 Å². The zero-order chi connectivity index (χ0) is 28.5. The predicted octanol–water partition coefficient (Wildman–Crippen LogP) is 0.862. The molecule has 3 aromatic rings. The Labute approximate surface area is 234 Å². The third-order valence-corrected chi connectivity index (χ3v) is 7.28. The van der Waals surface area contributed by atoms with Crippen molar-refractivity contribution < 1.29 is 29.2 Å². The van der Waals surface area contributed by atoms with E-state index < -0.39 is 30.9 Å². The van der Waals surface area contributed by atoms with E-state index in [4.69, 9.17) is 4.74 Å². The molecule has 1 aromatic heterocycles. The Morgan fingerprint density at radius 3 is 2.42 bits per heavy atom. The Hall–Kier alpha value is -3.51. The molecule has 2 aromatic carbocycles. The molecule has 0 bridgehead atoms. The van der Waals surface area contributed by atoms with Crippen molar-refractivity contribution in [2.45, 2.75) is 38.2 Å². The van der Waals surface area contributed by atoms with Crippen molar-refractivity contribution >= 4 is 35.6 Å². The number of benzene rings is 2. The Balaban J connectivity index is 1.46. The molecule has 10 nitrogen and oxygen atoms in total. The number of ketones is 1. The molecule has 0 unspecified atom stereocenters. The summed E-state index contributed by atoms with van der Waals surface area (Å²) in [5.41, 5.74) is 2.62. The molecule has 1 fully saturated rings. The molecule has 0 saturated carbocycles. The molecule has 40 heavy (non-hydrogen) atoms. The number of ether oxygens (including phenoxy) is 1. The van der Waals surface area contributed by atoms with E-state index in [0.717, 1.165) is 22.0 Å². The SMILES string of the molecule is C[C@@H](NC(=O)CN1CCOCC1)C(=O)C[C@@H](Cc1c[nH]c2ccccc12)C(=O)N[C@@H](Cc1ccccc1)B(O)O. The second-order valence-electron chi connectivity index (χ2n) is 10.3. The maximum atomic E-state index is 13.6. The number of nitrogens with zero attached hydrogens (tertiary/aromatic N) is 1. The third-order valence-electron chi connectivity index (χ3n) is 7.28. The van der Waals surface area contributed by atoms with Gasteiger partial charge in [-0.2, -0.15) is 0 Å². The number of carbonyl (C=O) groups excluding carboxylic acids is 3. The van der Waals surface area contributed by atoms with E-state index in [-0.39, 0.29) is 37.5 Å². The Bertz CT molecular complexity index is 1280. The van der Waals surface area contributed by atoms with Gasteiger partial charge in [0.1, 0.15) is 0 Å². The first-order valence-corrected chi connectivity index (χ1v) is 13.7. The van der Waals surface area contributed by atoms with Crippen LogP contribution in [-0.4, -0.2) is 89.5 Å². The molecule has 0 spiro atoms. The monoisotopic (exact) mass is 548 g/mol. The summed E-state index contributed by atoms with van der Waals surface area (Å²) in [6.07, 6.45) is 2.18. The number of para-hydroxylation sites is 1. The van der Waals surface area contributed by atoms with Crippen LogP contribution in [0.15, 0.2) is 60.8 Å². The minimum absolute atomic E-state index is 0.121. The fourth-order valence-corrected chi connectivity index (χ4v) is 4.97. The van der Waals surface area contributed by atoms with Gasteiger partial charge in [-0.1, -0.05) is 48.5 Å². The quantitative estimate of drug-likeness (QED) is 0.199. The van der Waals surface area contributed by atoms with Crippen LogP contribution in [0.5, 0.6) is 0 Å². The van der Waals surface area contributed by atoms with Gasteiger partial charge in [0.25, 0.3) is 0 Å². The molecule has 3 atom stereocenters. The summed E-state index contributed by atoms with van der Waals surface area (Å²) in [5.74, 6) is -2.74. The van der Waals surface area contributed by atoms with Gasteiger partial charge in [-0.3, -0.25) is 19.3 Å². The van der Waals surface area contributed by atoms with Crippen molar-refractivity contribution in [2.75, 3.05) is 32.8 Å². The van der Waals surface area contributed by atoms with Gasteiger partial charge < -0.3 is 30.4 Å². The van der Waals surface area contributed by atoms with Crippen molar-refractivity contribution in [3.63, 3.8) is 0 Å². The van der Waals surface area contributed by atoms with E-state index >= 15 is 0 Å². The highest BCUT2D eigenvalue weighted by Crippen LogP contribution is 2.23. The predicted molar refractivity (Wildman–Crippen MR) is 152 cm³/mol. The van der Waals surface area contributed by atoms with Gasteiger partial charge in [-0.05, 0) is 37.0 Å². The van der Waals surface area contributed by atoms with E-state index in [9.17, 15) is 24.4 Å². The molecule has 4 rings (SSSR count). The number of Topliss-reactive ketones (excluding diaryl/α,β-unsaturated/α-hetero) is 1. The fourth-order valence-electron chi connectivity index (χ4n) is 4.97. The van der Waals surface area contributed by atoms with E-state index in [1.165, 1.54) is 0 Å². The molecule has 5 N–H and O–H groups in total. The summed E-state index contributed by atoms with van der Waals surface area (Å²) in [6, 6.07) is 16.1. The number of H-pyrrole nitrogens is 1. The molecule has 0 aliphatic carbocycles. The highest BCUT2D eigenvalue weighted by Gasteiger charge is 2.31. The summed E-state index contributed by atoms with van der Waals surface area (Å²) in [7, 11) is -1.79. The number of rotatable bonds is 13. The standard InChI is InChI=1S/C29H37BN4O6/c1-20(32-28(36)19-34-11-13-40-14-12-34)26(35)17-22(16-23-18-31-25-10-6-5-9-24(23)25)29(37)33-27(30(38)39)15-21-7-3-2-4-8-21/h2-10,18,20,22,27,31,38-39H,11-17,19H2,1H3,(H,32,36)(H,33,37)/t20-,22-,27+/m1/s1. The van der Waals surface area contributed by atoms with Gasteiger partial charge in [-0.15, -0.1) is 0 Å². The second kappa shape index (κ2) is 14.2. The van der Waals surface area contributed by atoms with Crippen LogP contribution in [0, 0.1) is 5.92 Å². The van der Waals surface area contributed by atoms with Crippen molar-refractivity contribution in [2.24, 2.45) is 5.92 Å². The molecule has 1 saturated heterocycles. The first-order chi connectivity index (χ1) is 19.3. The summed E-state index contributed by atoms with van der Waals surface area (Å²) >= 11 is 0. The Morgan fingerprint density at radius 1 is 1.00 bits per heavy atom. The molecule has 0 radical (unpaired) electrons. The molecule has 1 aliphatic rings. The Morgan fingerprint density at radius 2 is 1.70 bits per heavy atom. The lowest BCUT2D eigenvalue weighted by molar-refractivity contribution is -0.132. The van der Waals surface area contributed by atoms with E-state index in [2.05, 4.69) is 15.6 Å². The van der Waals surface area contributed by atoms with Gasteiger partial charge in [0.15, 0.2) is 5.78 Å². The molecule has 11 heteroatoms. The van der Waals surface area contributed by atoms with Gasteiger partial charge >= 0.3 is 7.12 Å². The second-order valence-corrected chi connectivity index (χ2v) is 10.3. The number of amides is 2. The third kappa shape index (κ3) is 8.25. The molecule has 2 heterocycles. The number of morpholine rings is 1. The maximum absolute atomic E-state index is 13.6. The van der Waals surface area contributed by atoms with Gasteiger partial charge in [0.05, 0.1) is 31.7 Å². The first kappa shape index (κ1) is 29.5. The van der Waals surface area contributed by atoms with Crippen molar-refractivity contribution in [1.29, 1.82) is 0 Å². The number of carbonyl (C=O) groups is 3. The van der Waals surface area contributed by atoms with Gasteiger partial charge in [0.2, 0.25) is 11.8 Å². The Kier molecular flexibility index (Phi) is 10.5. The van der Waals surface area contributed by atoms with Crippen LogP contribution in [0.3, 0.4) is 0 Å². The molecular formula is C29H37BN4O6. The molecule has 212 valence electrons. The maximum Gasteiger partial charge on any atom is 0.475 e. The van der Waals surface area contributed by atoms with Crippen molar-refractivity contribution in [1.82, 2.24) is 20.5 Å². The highest BCUT2D eigenvalue weighted by atomic mass is 16.5. The van der Waals surface area contributed by atoms with Crippen LogP contribution in [0.4, 0.5) is 0 Å². The highest BCUT2D eigenvalue weighted by molar-refractivity contribution is 6.43. The average molecular weight is 548 g/mol. The van der Waals surface area contributed by atoms with Crippen LogP contribution < -0.4 is 10.6 Å². The summed E-state index contributed by atoms with van der Waals surface area (Å²) < 4.78 is 5.31. The summed E-state index contributed by atoms with van der Waals surface area (Å²) in [5, 5.41) is 26.5. The van der Waals surface area contributed by atoms with E-state index in [1.807, 2.05) is 65.7 Å². The topological polar surface area (TPSA) is 144 Å². The zero-order valence-electron chi connectivity index (χ0n) is 22.7. The van der Waals surface area contributed by atoms with E-state index in [1.54, 1.807) is 6.92 Å².